The molecule has 1 fully saturated rings. The number of halogens is 1. The number of likely N-dealkylation sites (tertiary alicyclic amines) is 1. The summed E-state index contributed by atoms with van der Waals surface area (Å²) in [6, 6.07) is 9.89. The van der Waals surface area contributed by atoms with E-state index in [1.165, 1.54) is 4.90 Å². The molecule has 1 N–H and O–H groups in total. The lowest BCUT2D eigenvalue weighted by Gasteiger charge is -2.36. The monoisotopic (exact) mass is 295 g/mol. The molecule has 0 aliphatic carbocycles. The second-order valence-electron chi connectivity index (χ2n) is 5.52. The van der Waals surface area contributed by atoms with Gasteiger partial charge in [-0.05, 0) is 24.8 Å². The molecule has 0 saturated carbocycles. The largest absolute Gasteiger partial charge is 0.393 e. The molecule has 0 bridgehead atoms. The Morgan fingerprint density at radius 2 is 2.14 bits per heavy atom. The Balaban J connectivity index is 1.70. The SMILES string of the molecule is O=C(COCCc1ccccc1)N1CCCC(F)(CO)C1. The van der Waals surface area contributed by atoms with E-state index in [9.17, 15) is 9.18 Å². The number of hydrogen-bond donors (Lipinski definition) is 1. The number of rotatable bonds is 6. The standard InChI is InChI=1S/C16H22FNO3/c17-16(13-19)8-4-9-18(12-16)15(20)11-21-10-7-14-5-2-1-3-6-14/h1-3,5-6,19H,4,7-13H2. The highest BCUT2D eigenvalue weighted by Crippen LogP contribution is 2.24. The Morgan fingerprint density at radius 1 is 1.38 bits per heavy atom. The van der Waals surface area contributed by atoms with Gasteiger partial charge in [0.05, 0.1) is 19.8 Å². The number of carbonyl (C=O) groups excluding carboxylic acids is 1. The molecule has 1 aliphatic heterocycles. The lowest BCUT2D eigenvalue weighted by atomic mass is 9.95. The van der Waals surface area contributed by atoms with E-state index >= 15 is 0 Å². The van der Waals surface area contributed by atoms with Gasteiger partial charge in [-0.25, -0.2) is 4.39 Å². The van der Waals surface area contributed by atoms with Crippen LogP contribution in [-0.2, 0) is 16.0 Å². The number of alkyl halides is 1. The van der Waals surface area contributed by atoms with E-state index in [1.54, 1.807) is 0 Å². The lowest BCUT2D eigenvalue weighted by Crippen LogP contribution is -2.50. The highest BCUT2D eigenvalue weighted by molar-refractivity contribution is 5.77. The molecule has 0 radical (unpaired) electrons. The third-order valence-electron chi connectivity index (χ3n) is 3.77. The van der Waals surface area contributed by atoms with Gasteiger partial charge in [-0.1, -0.05) is 30.3 Å². The first kappa shape index (κ1) is 15.9. The Hall–Kier alpha value is -1.46. The average molecular weight is 295 g/mol. The van der Waals surface area contributed by atoms with E-state index in [1.807, 2.05) is 30.3 Å². The van der Waals surface area contributed by atoms with Crippen LogP contribution < -0.4 is 0 Å². The van der Waals surface area contributed by atoms with Crippen molar-refractivity contribution in [3.05, 3.63) is 35.9 Å². The third-order valence-corrected chi connectivity index (χ3v) is 3.77. The van der Waals surface area contributed by atoms with Crippen molar-refractivity contribution < 1.29 is 19.0 Å². The minimum absolute atomic E-state index is 0.0334. The maximum absolute atomic E-state index is 14.0. The summed E-state index contributed by atoms with van der Waals surface area (Å²) >= 11 is 0. The van der Waals surface area contributed by atoms with Crippen LogP contribution in [0.3, 0.4) is 0 Å². The van der Waals surface area contributed by atoms with Crippen molar-refractivity contribution in [2.24, 2.45) is 0 Å². The zero-order valence-corrected chi connectivity index (χ0v) is 12.1. The van der Waals surface area contributed by atoms with Crippen LogP contribution in [0.2, 0.25) is 0 Å². The Kier molecular flexibility index (Phi) is 5.70. The van der Waals surface area contributed by atoms with Gasteiger partial charge >= 0.3 is 0 Å². The molecule has 116 valence electrons. The van der Waals surface area contributed by atoms with Gasteiger partial charge in [-0.3, -0.25) is 4.79 Å². The number of piperidine rings is 1. The first-order valence-electron chi connectivity index (χ1n) is 7.32. The predicted molar refractivity (Wildman–Crippen MR) is 77.7 cm³/mol. The topological polar surface area (TPSA) is 49.8 Å². The van der Waals surface area contributed by atoms with Gasteiger partial charge in [0, 0.05) is 6.54 Å². The molecule has 0 spiro atoms. The smallest absolute Gasteiger partial charge is 0.248 e. The molecule has 1 aliphatic rings. The van der Waals surface area contributed by atoms with Gasteiger partial charge in [0.25, 0.3) is 0 Å². The molecule has 1 saturated heterocycles. The Labute approximate surface area is 124 Å². The molecular formula is C16H22FNO3. The van der Waals surface area contributed by atoms with Crippen LogP contribution in [0.15, 0.2) is 30.3 Å². The normalized spacial score (nSPS) is 22.3. The summed E-state index contributed by atoms with van der Waals surface area (Å²) in [6.45, 7) is 0.390. The number of benzene rings is 1. The van der Waals surface area contributed by atoms with Gasteiger partial charge in [-0.15, -0.1) is 0 Å². The zero-order chi connectivity index (χ0) is 15.1. The molecular weight excluding hydrogens is 273 g/mol. The molecule has 21 heavy (non-hydrogen) atoms. The molecule has 1 unspecified atom stereocenters. The number of aliphatic hydroxyl groups excluding tert-OH is 1. The fourth-order valence-electron chi connectivity index (χ4n) is 2.51. The first-order chi connectivity index (χ1) is 10.1. The summed E-state index contributed by atoms with van der Waals surface area (Å²) in [7, 11) is 0. The second kappa shape index (κ2) is 7.52. The van der Waals surface area contributed by atoms with Crippen molar-refractivity contribution in [1.29, 1.82) is 0 Å². The second-order valence-corrected chi connectivity index (χ2v) is 5.52. The first-order valence-corrected chi connectivity index (χ1v) is 7.32. The number of hydrogen-bond acceptors (Lipinski definition) is 3. The number of nitrogens with zero attached hydrogens (tertiary/aromatic N) is 1. The molecule has 1 atom stereocenters. The van der Waals surface area contributed by atoms with E-state index in [0.29, 0.717) is 26.0 Å². The highest BCUT2D eigenvalue weighted by Gasteiger charge is 2.36. The van der Waals surface area contributed by atoms with Gasteiger partial charge in [0.15, 0.2) is 5.67 Å². The molecule has 0 aromatic heterocycles. The quantitative estimate of drug-likeness (QED) is 0.811. The average Bonchev–Trinajstić information content (AvgIpc) is 2.52. The number of carbonyl (C=O) groups is 1. The van der Waals surface area contributed by atoms with Crippen LogP contribution in [-0.4, -0.2) is 54.5 Å². The van der Waals surface area contributed by atoms with Crippen molar-refractivity contribution in [2.75, 3.05) is 32.9 Å². The number of amides is 1. The van der Waals surface area contributed by atoms with E-state index in [2.05, 4.69) is 0 Å². The lowest BCUT2D eigenvalue weighted by molar-refractivity contribution is -0.141. The van der Waals surface area contributed by atoms with Gasteiger partial charge in [0.1, 0.15) is 6.61 Å². The summed E-state index contributed by atoms with van der Waals surface area (Å²) in [6.07, 6.45) is 1.63. The summed E-state index contributed by atoms with van der Waals surface area (Å²) < 4.78 is 19.4. The van der Waals surface area contributed by atoms with E-state index in [-0.39, 0.29) is 19.1 Å². The molecule has 4 nitrogen and oxygen atoms in total. The molecule has 1 heterocycles. The highest BCUT2D eigenvalue weighted by atomic mass is 19.1. The van der Waals surface area contributed by atoms with Crippen LogP contribution in [0.25, 0.3) is 0 Å². The number of aliphatic hydroxyl groups is 1. The summed E-state index contributed by atoms with van der Waals surface area (Å²) in [5, 5.41) is 9.05. The molecule has 2 rings (SSSR count). The van der Waals surface area contributed by atoms with Crippen LogP contribution in [0.1, 0.15) is 18.4 Å². The molecule has 5 heteroatoms. The van der Waals surface area contributed by atoms with Crippen LogP contribution in [0.4, 0.5) is 4.39 Å². The van der Waals surface area contributed by atoms with Crippen molar-refractivity contribution in [1.82, 2.24) is 4.90 Å². The fourth-order valence-corrected chi connectivity index (χ4v) is 2.51. The minimum Gasteiger partial charge on any atom is -0.393 e. The van der Waals surface area contributed by atoms with E-state index < -0.39 is 12.3 Å². The van der Waals surface area contributed by atoms with Gasteiger partial charge in [-0.2, -0.15) is 0 Å². The molecule has 1 amide bonds. The third kappa shape index (κ3) is 4.79. The predicted octanol–water partition coefficient (Wildman–Crippen LogP) is 1.57. The van der Waals surface area contributed by atoms with Crippen LogP contribution in [0, 0.1) is 0 Å². The Morgan fingerprint density at radius 3 is 2.86 bits per heavy atom. The van der Waals surface area contributed by atoms with E-state index in [0.717, 1.165) is 12.0 Å². The van der Waals surface area contributed by atoms with Crippen molar-refractivity contribution >= 4 is 5.91 Å². The Bertz CT molecular complexity index is 454. The van der Waals surface area contributed by atoms with Crippen LogP contribution >= 0.6 is 0 Å². The van der Waals surface area contributed by atoms with Crippen molar-refractivity contribution in [3.63, 3.8) is 0 Å². The van der Waals surface area contributed by atoms with E-state index in [4.69, 9.17) is 9.84 Å². The minimum atomic E-state index is -1.65. The maximum Gasteiger partial charge on any atom is 0.248 e. The maximum atomic E-state index is 14.0. The van der Waals surface area contributed by atoms with Gasteiger partial charge < -0.3 is 14.7 Å². The molecule has 1 aromatic carbocycles. The summed E-state index contributed by atoms with van der Waals surface area (Å²) in [4.78, 5) is 13.4. The fraction of sp³-hybridized carbons (Fsp3) is 0.562. The number of ether oxygens (including phenoxy) is 1. The summed E-state index contributed by atoms with van der Waals surface area (Å²) in [5.41, 5.74) is -0.497. The summed E-state index contributed by atoms with van der Waals surface area (Å²) in [5.74, 6) is -0.210. The van der Waals surface area contributed by atoms with Gasteiger partial charge in [0.2, 0.25) is 5.91 Å². The van der Waals surface area contributed by atoms with Crippen molar-refractivity contribution in [2.45, 2.75) is 24.9 Å². The molecule has 1 aromatic rings. The van der Waals surface area contributed by atoms with Crippen molar-refractivity contribution in [3.8, 4) is 0 Å². The zero-order valence-electron chi connectivity index (χ0n) is 12.1. The van der Waals surface area contributed by atoms with Crippen LogP contribution in [0.5, 0.6) is 0 Å².